The van der Waals surface area contributed by atoms with Gasteiger partial charge in [-0.2, -0.15) is 10.4 Å². The molecule has 1 atom stereocenters. The number of carbonyl (C=O) groups excluding carboxylic acids is 2. The Morgan fingerprint density at radius 1 is 1.29 bits per heavy atom. The van der Waals surface area contributed by atoms with Crippen molar-refractivity contribution in [3.8, 4) is 6.07 Å². The summed E-state index contributed by atoms with van der Waals surface area (Å²) >= 11 is 5.96. The van der Waals surface area contributed by atoms with Crippen LogP contribution in [-0.4, -0.2) is 28.4 Å². The summed E-state index contributed by atoms with van der Waals surface area (Å²) in [6, 6.07) is 7.17. The van der Waals surface area contributed by atoms with E-state index in [1.165, 1.54) is 0 Å². The minimum Gasteiger partial charge on any atom is -0.463 e. The Morgan fingerprint density at radius 3 is 2.58 bits per heavy atom. The second kappa shape index (κ2) is 9.02. The van der Waals surface area contributed by atoms with E-state index in [1.807, 2.05) is 6.07 Å². The molecule has 2 N–H and O–H groups in total. The van der Waals surface area contributed by atoms with Crippen LogP contribution >= 0.6 is 11.6 Å². The zero-order valence-corrected chi connectivity index (χ0v) is 17.9. The number of aryl methyl sites for hydroxylation is 1. The van der Waals surface area contributed by atoms with Gasteiger partial charge in [0.15, 0.2) is 0 Å². The van der Waals surface area contributed by atoms with Gasteiger partial charge in [0.25, 0.3) is 5.56 Å². The van der Waals surface area contributed by atoms with Gasteiger partial charge in [-0.3, -0.25) is 4.79 Å². The molecule has 0 spiro atoms. The molecular weight excluding hydrogens is 422 g/mol. The van der Waals surface area contributed by atoms with Crippen molar-refractivity contribution in [2.45, 2.75) is 33.4 Å². The van der Waals surface area contributed by atoms with Crippen molar-refractivity contribution in [3.05, 3.63) is 73.3 Å². The number of rotatable bonds is 5. The van der Waals surface area contributed by atoms with Gasteiger partial charge in [-0.05, 0) is 44.0 Å². The molecule has 1 aliphatic heterocycles. The Kier molecular flexibility index (Phi) is 6.42. The van der Waals surface area contributed by atoms with Crippen LogP contribution in [0.3, 0.4) is 0 Å². The highest BCUT2D eigenvalue weighted by atomic mass is 35.5. The van der Waals surface area contributed by atoms with Crippen molar-refractivity contribution in [1.29, 1.82) is 5.26 Å². The number of nitrogens with zero attached hydrogens (tertiary/aromatic N) is 3. The number of carbonyl (C=O) groups is 2. The highest BCUT2D eigenvalue weighted by Crippen LogP contribution is 2.29. The molecule has 1 aromatic heterocycles. The highest BCUT2D eigenvalue weighted by Gasteiger charge is 2.34. The maximum Gasteiger partial charge on any atom is 0.338 e. The Morgan fingerprint density at radius 2 is 1.97 bits per heavy atom. The predicted molar refractivity (Wildman–Crippen MR) is 112 cm³/mol. The molecule has 0 aliphatic carbocycles. The molecule has 2 amide bonds. The summed E-state index contributed by atoms with van der Waals surface area (Å²) < 4.78 is 6.26. The molecule has 1 unspecified atom stereocenters. The van der Waals surface area contributed by atoms with Crippen LogP contribution in [0.15, 0.2) is 40.3 Å². The monoisotopic (exact) mass is 441 g/mol. The van der Waals surface area contributed by atoms with Gasteiger partial charge in [0, 0.05) is 5.02 Å². The predicted octanol–water partition coefficient (Wildman–Crippen LogP) is 2.26. The van der Waals surface area contributed by atoms with Gasteiger partial charge in [0.2, 0.25) is 0 Å². The first-order valence-electron chi connectivity index (χ1n) is 9.48. The topological polar surface area (TPSA) is 126 Å². The van der Waals surface area contributed by atoms with Gasteiger partial charge in [-0.1, -0.05) is 23.7 Å². The molecule has 160 valence electrons. The molecule has 1 aromatic carbocycles. The number of hydrogen-bond acceptors (Lipinski definition) is 6. The average molecular weight is 442 g/mol. The van der Waals surface area contributed by atoms with Crippen molar-refractivity contribution < 1.29 is 14.3 Å². The second-order valence-electron chi connectivity index (χ2n) is 6.86. The van der Waals surface area contributed by atoms with Crippen LogP contribution in [0.1, 0.15) is 35.3 Å². The lowest BCUT2D eigenvalue weighted by Gasteiger charge is -2.29. The molecule has 0 saturated heterocycles. The number of ether oxygens (including phenoxy) is 1. The second-order valence-corrected chi connectivity index (χ2v) is 7.29. The first-order chi connectivity index (χ1) is 14.8. The molecule has 0 radical (unpaired) electrons. The zero-order chi connectivity index (χ0) is 22.7. The summed E-state index contributed by atoms with van der Waals surface area (Å²) in [6.45, 7) is 4.87. The van der Waals surface area contributed by atoms with Gasteiger partial charge in [0.1, 0.15) is 11.6 Å². The molecule has 9 nitrogen and oxygen atoms in total. The molecule has 0 saturated carbocycles. The van der Waals surface area contributed by atoms with Crippen LogP contribution < -0.4 is 16.2 Å². The smallest absolute Gasteiger partial charge is 0.338 e. The van der Waals surface area contributed by atoms with Crippen LogP contribution in [0.4, 0.5) is 4.79 Å². The lowest BCUT2D eigenvalue weighted by Crippen LogP contribution is -2.47. The van der Waals surface area contributed by atoms with Crippen molar-refractivity contribution in [2.75, 3.05) is 6.61 Å². The first kappa shape index (κ1) is 22.1. The molecule has 10 heteroatoms. The maximum atomic E-state index is 12.8. The molecule has 0 fully saturated rings. The third kappa shape index (κ3) is 4.44. The third-order valence-electron chi connectivity index (χ3n) is 4.91. The van der Waals surface area contributed by atoms with E-state index < -0.39 is 23.6 Å². The van der Waals surface area contributed by atoms with Crippen LogP contribution in [0.25, 0.3) is 0 Å². The fourth-order valence-corrected chi connectivity index (χ4v) is 3.38. The lowest BCUT2D eigenvalue weighted by molar-refractivity contribution is -0.139. The summed E-state index contributed by atoms with van der Waals surface area (Å²) in [5.41, 5.74) is 1.22. The van der Waals surface area contributed by atoms with E-state index in [1.54, 1.807) is 45.0 Å². The van der Waals surface area contributed by atoms with E-state index in [4.69, 9.17) is 16.3 Å². The quantitative estimate of drug-likeness (QED) is 0.685. The number of halogens is 1. The molecule has 2 aromatic rings. The molecule has 2 heterocycles. The largest absolute Gasteiger partial charge is 0.463 e. The van der Waals surface area contributed by atoms with Gasteiger partial charge in [-0.25, -0.2) is 14.3 Å². The summed E-state index contributed by atoms with van der Waals surface area (Å²) in [5, 5.41) is 19.4. The Bertz CT molecular complexity index is 1180. The summed E-state index contributed by atoms with van der Waals surface area (Å²) in [5.74, 6) is -0.651. The van der Waals surface area contributed by atoms with Crippen molar-refractivity contribution in [2.24, 2.45) is 0 Å². The van der Waals surface area contributed by atoms with Crippen molar-refractivity contribution in [1.82, 2.24) is 20.4 Å². The number of hydrogen-bond donors (Lipinski definition) is 2. The molecule has 1 aliphatic rings. The van der Waals surface area contributed by atoms with Crippen LogP contribution in [0, 0.1) is 25.2 Å². The lowest BCUT2D eigenvalue weighted by atomic mass is 9.95. The van der Waals surface area contributed by atoms with E-state index in [-0.39, 0.29) is 30.0 Å². The maximum absolute atomic E-state index is 12.8. The fraction of sp³-hybridized carbons (Fsp3) is 0.286. The van der Waals surface area contributed by atoms with Gasteiger partial charge in [0.05, 0.1) is 36.2 Å². The van der Waals surface area contributed by atoms with Crippen LogP contribution in [0.5, 0.6) is 0 Å². The van der Waals surface area contributed by atoms with E-state index in [0.29, 0.717) is 21.8 Å². The first-order valence-corrected chi connectivity index (χ1v) is 9.86. The van der Waals surface area contributed by atoms with Crippen LogP contribution in [0.2, 0.25) is 5.02 Å². The molecule has 31 heavy (non-hydrogen) atoms. The third-order valence-corrected chi connectivity index (χ3v) is 5.16. The van der Waals surface area contributed by atoms with E-state index in [0.717, 1.165) is 4.68 Å². The van der Waals surface area contributed by atoms with Crippen LogP contribution in [-0.2, 0) is 16.1 Å². The Balaban J connectivity index is 2.17. The number of aromatic nitrogens is 2. The Hall–Kier alpha value is -3.64. The Labute approximate surface area is 183 Å². The zero-order valence-electron chi connectivity index (χ0n) is 17.2. The number of allylic oxidation sites excluding steroid dienone is 1. The van der Waals surface area contributed by atoms with E-state index in [2.05, 4.69) is 15.7 Å². The normalized spacial score (nSPS) is 15.7. The number of nitriles is 1. The highest BCUT2D eigenvalue weighted by molar-refractivity contribution is 6.30. The standard InChI is InChI=1S/C21H20ClN5O4/c1-4-31-20(29)17-16(10-27-19(28)15(9-23)11(2)12(3)26-27)24-21(30)25-18(17)13-5-7-14(22)8-6-13/h5-8,18H,4,10H2,1-3H3,(H2,24,25,30). The molecule has 0 bridgehead atoms. The summed E-state index contributed by atoms with van der Waals surface area (Å²) in [7, 11) is 0. The minimum absolute atomic E-state index is 0.0414. The molecule has 3 rings (SSSR count). The van der Waals surface area contributed by atoms with Crippen molar-refractivity contribution in [3.63, 3.8) is 0 Å². The fourth-order valence-electron chi connectivity index (χ4n) is 3.26. The van der Waals surface area contributed by atoms with E-state index in [9.17, 15) is 19.6 Å². The number of urea groups is 1. The number of amides is 2. The van der Waals surface area contributed by atoms with Crippen molar-refractivity contribution >= 4 is 23.6 Å². The molecular formula is C21H20ClN5O4. The number of nitrogens with one attached hydrogen (secondary N) is 2. The summed E-state index contributed by atoms with van der Waals surface area (Å²) in [6.07, 6.45) is 0. The summed E-state index contributed by atoms with van der Waals surface area (Å²) in [4.78, 5) is 37.9. The van der Waals surface area contributed by atoms with E-state index >= 15 is 0 Å². The van der Waals surface area contributed by atoms with Gasteiger partial charge < -0.3 is 15.4 Å². The number of esters is 1. The SMILES string of the molecule is CCOC(=O)C1=C(Cn2nc(C)c(C)c(C#N)c2=O)NC(=O)NC1c1ccc(Cl)cc1. The van der Waals surface area contributed by atoms with Gasteiger partial charge >= 0.3 is 12.0 Å². The van der Waals surface area contributed by atoms with Gasteiger partial charge in [-0.15, -0.1) is 0 Å². The average Bonchev–Trinajstić information content (AvgIpc) is 2.72. The minimum atomic E-state index is -0.822. The number of benzene rings is 1.